The summed E-state index contributed by atoms with van der Waals surface area (Å²) in [4.78, 5) is 6.00. The Balaban J connectivity index is 2.42. The van der Waals surface area contributed by atoms with Crippen LogP contribution < -0.4 is 0 Å². The van der Waals surface area contributed by atoms with Crippen molar-refractivity contribution in [2.24, 2.45) is 5.41 Å². The molecule has 0 N–H and O–H groups in total. The van der Waals surface area contributed by atoms with Gasteiger partial charge in [0.2, 0.25) is 6.54 Å². The van der Waals surface area contributed by atoms with Crippen LogP contribution in [0.1, 0.15) is 39.5 Å². The summed E-state index contributed by atoms with van der Waals surface area (Å²) in [6.07, 6.45) is 5.00. The lowest BCUT2D eigenvalue weighted by Crippen LogP contribution is -2.38. The highest BCUT2D eigenvalue weighted by molar-refractivity contribution is 4.89. The molecule has 80 valence electrons. The minimum atomic E-state index is 0.312. The summed E-state index contributed by atoms with van der Waals surface area (Å²) < 4.78 is 0. The largest absolute Gasteiger partial charge is 0.316 e. The molecule has 1 saturated carbocycles. The first-order valence-corrected chi connectivity index (χ1v) is 5.65. The van der Waals surface area contributed by atoms with Crippen molar-refractivity contribution in [1.29, 1.82) is 0 Å². The van der Waals surface area contributed by atoms with E-state index in [1.807, 2.05) is 0 Å². The standard InChI is InChI=1S/C12H22N2/c1-5-14(4)11-6-8-12(2,9-7-11)10-13-3/h11H,5-10H2,1-2,4H3. The first kappa shape index (κ1) is 11.5. The number of hydrogen-bond acceptors (Lipinski definition) is 1. The van der Waals surface area contributed by atoms with Crippen molar-refractivity contribution >= 4 is 0 Å². The van der Waals surface area contributed by atoms with Crippen molar-refractivity contribution in [3.05, 3.63) is 11.4 Å². The molecule has 0 unspecified atom stereocenters. The Bertz CT molecular complexity index is 209. The molecular weight excluding hydrogens is 172 g/mol. The molecule has 0 aliphatic heterocycles. The van der Waals surface area contributed by atoms with E-state index in [0.717, 1.165) is 19.1 Å². The van der Waals surface area contributed by atoms with Crippen LogP contribution in [0.3, 0.4) is 0 Å². The summed E-state index contributed by atoms with van der Waals surface area (Å²) in [7, 11) is 2.21. The molecule has 0 aromatic heterocycles. The van der Waals surface area contributed by atoms with Crippen LogP contribution in [0.25, 0.3) is 4.85 Å². The second-order valence-electron chi connectivity index (χ2n) is 4.93. The second kappa shape index (κ2) is 4.79. The molecule has 0 aromatic rings. The van der Waals surface area contributed by atoms with E-state index < -0.39 is 0 Å². The predicted octanol–water partition coefficient (Wildman–Crippen LogP) is 2.81. The third-order valence-electron chi connectivity index (χ3n) is 3.75. The van der Waals surface area contributed by atoms with Gasteiger partial charge in [0.15, 0.2) is 0 Å². The second-order valence-corrected chi connectivity index (χ2v) is 4.93. The average molecular weight is 194 g/mol. The Hall–Kier alpha value is -0.550. The van der Waals surface area contributed by atoms with Gasteiger partial charge in [-0.1, -0.05) is 13.8 Å². The monoisotopic (exact) mass is 194 g/mol. The van der Waals surface area contributed by atoms with Gasteiger partial charge in [-0.3, -0.25) is 0 Å². The molecule has 2 nitrogen and oxygen atoms in total. The van der Waals surface area contributed by atoms with Crippen molar-refractivity contribution in [3.8, 4) is 0 Å². The van der Waals surface area contributed by atoms with Crippen LogP contribution in [-0.2, 0) is 0 Å². The maximum Gasteiger partial charge on any atom is 0.219 e. The molecule has 0 heterocycles. The van der Waals surface area contributed by atoms with Crippen molar-refractivity contribution < 1.29 is 0 Å². The van der Waals surface area contributed by atoms with Gasteiger partial charge in [0.05, 0.1) is 0 Å². The fraction of sp³-hybridized carbons (Fsp3) is 0.917. The molecular formula is C12H22N2. The van der Waals surface area contributed by atoms with E-state index in [2.05, 4.69) is 30.6 Å². The topological polar surface area (TPSA) is 7.60 Å². The van der Waals surface area contributed by atoms with Gasteiger partial charge in [-0.05, 0) is 39.3 Å². The van der Waals surface area contributed by atoms with Gasteiger partial charge in [0.25, 0.3) is 0 Å². The van der Waals surface area contributed by atoms with Gasteiger partial charge < -0.3 is 9.74 Å². The van der Waals surface area contributed by atoms with Gasteiger partial charge >= 0.3 is 0 Å². The van der Waals surface area contributed by atoms with Crippen LogP contribution in [0.15, 0.2) is 0 Å². The van der Waals surface area contributed by atoms with Crippen molar-refractivity contribution in [3.63, 3.8) is 0 Å². The van der Waals surface area contributed by atoms with Crippen molar-refractivity contribution in [2.75, 3.05) is 20.1 Å². The number of nitrogens with zero attached hydrogens (tertiary/aromatic N) is 2. The third kappa shape index (κ3) is 2.72. The Morgan fingerprint density at radius 3 is 2.43 bits per heavy atom. The summed E-state index contributed by atoms with van der Waals surface area (Å²) in [5, 5.41) is 0. The molecule has 0 spiro atoms. The molecule has 0 aromatic carbocycles. The van der Waals surface area contributed by atoms with E-state index in [1.165, 1.54) is 25.7 Å². The van der Waals surface area contributed by atoms with Crippen molar-refractivity contribution in [2.45, 2.75) is 45.6 Å². The number of hydrogen-bond donors (Lipinski definition) is 0. The lowest BCUT2D eigenvalue weighted by molar-refractivity contribution is 0.130. The van der Waals surface area contributed by atoms with Gasteiger partial charge in [0, 0.05) is 11.5 Å². The number of rotatable bonds is 3. The van der Waals surface area contributed by atoms with Gasteiger partial charge in [-0.25, -0.2) is 6.57 Å². The molecule has 1 fully saturated rings. The Kier molecular flexibility index (Phi) is 3.95. The van der Waals surface area contributed by atoms with E-state index in [4.69, 9.17) is 6.57 Å². The zero-order valence-corrected chi connectivity index (χ0v) is 9.71. The molecule has 0 bridgehead atoms. The SMILES string of the molecule is [C-]#[N+]CC1(C)CCC(N(C)CC)CC1. The summed E-state index contributed by atoms with van der Waals surface area (Å²) in [6.45, 7) is 13.3. The van der Waals surface area contributed by atoms with Crippen LogP contribution in [0.4, 0.5) is 0 Å². The Morgan fingerprint density at radius 1 is 1.43 bits per heavy atom. The van der Waals surface area contributed by atoms with E-state index in [9.17, 15) is 0 Å². The molecule has 1 aliphatic rings. The smallest absolute Gasteiger partial charge is 0.219 e. The maximum absolute atomic E-state index is 6.95. The highest BCUT2D eigenvalue weighted by atomic mass is 15.1. The molecule has 1 rings (SSSR count). The molecule has 2 heteroatoms. The maximum atomic E-state index is 6.95. The minimum absolute atomic E-state index is 0.312. The van der Waals surface area contributed by atoms with E-state index in [-0.39, 0.29) is 0 Å². The first-order chi connectivity index (χ1) is 6.61. The van der Waals surface area contributed by atoms with Crippen molar-refractivity contribution in [1.82, 2.24) is 4.90 Å². The summed E-state index contributed by atoms with van der Waals surface area (Å²) in [5.74, 6) is 0. The highest BCUT2D eigenvalue weighted by Gasteiger charge is 2.34. The first-order valence-electron chi connectivity index (χ1n) is 5.65. The third-order valence-corrected chi connectivity index (χ3v) is 3.75. The summed E-state index contributed by atoms with van der Waals surface area (Å²) in [5.41, 5.74) is 0.312. The predicted molar refractivity (Wildman–Crippen MR) is 60.1 cm³/mol. The van der Waals surface area contributed by atoms with Gasteiger partial charge in [-0.2, -0.15) is 0 Å². The molecule has 0 radical (unpaired) electrons. The van der Waals surface area contributed by atoms with Gasteiger partial charge in [0.1, 0.15) is 0 Å². The van der Waals surface area contributed by atoms with Crippen LogP contribution in [0.2, 0.25) is 0 Å². The lowest BCUT2D eigenvalue weighted by atomic mass is 9.74. The zero-order chi connectivity index (χ0) is 10.6. The lowest BCUT2D eigenvalue weighted by Gasteiger charge is -2.37. The van der Waals surface area contributed by atoms with E-state index in [1.54, 1.807) is 0 Å². The molecule has 1 aliphatic carbocycles. The van der Waals surface area contributed by atoms with E-state index >= 15 is 0 Å². The van der Waals surface area contributed by atoms with Crippen LogP contribution in [-0.4, -0.2) is 31.1 Å². The fourth-order valence-corrected chi connectivity index (χ4v) is 2.35. The van der Waals surface area contributed by atoms with Gasteiger partial charge in [-0.15, -0.1) is 0 Å². The van der Waals surface area contributed by atoms with Crippen LogP contribution in [0.5, 0.6) is 0 Å². The summed E-state index contributed by atoms with van der Waals surface area (Å²) in [6, 6.07) is 0.763. The molecule has 0 atom stereocenters. The Labute approximate surface area is 88.1 Å². The minimum Gasteiger partial charge on any atom is -0.316 e. The molecule has 14 heavy (non-hydrogen) atoms. The van der Waals surface area contributed by atoms with Crippen LogP contribution in [0, 0.1) is 12.0 Å². The molecule has 0 saturated heterocycles. The zero-order valence-electron chi connectivity index (χ0n) is 9.71. The molecule has 0 amide bonds. The van der Waals surface area contributed by atoms with E-state index in [0.29, 0.717) is 5.41 Å². The average Bonchev–Trinajstić information content (AvgIpc) is 2.18. The highest BCUT2D eigenvalue weighted by Crippen LogP contribution is 2.37. The Morgan fingerprint density at radius 2 is 2.00 bits per heavy atom. The van der Waals surface area contributed by atoms with Crippen LogP contribution >= 0.6 is 0 Å². The fourth-order valence-electron chi connectivity index (χ4n) is 2.35. The quantitative estimate of drug-likeness (QED) is 0.627. The summed E-state index contributed by atoms with van der Waals surface area (Å²) >= 11 is 0. The normalized spacial score (nSPS) is 32.9.